The molecule has 0 radical (unpaired) electrons. The van der Waals surface area contributed by atoms with Crippen LogP contribution < -0.4 is 29.4 Å². The van der Waals surface area contributed by atoms with Gasteiger partial charge in [0.1, 0.15) is 0 Å². The monoisotopic (exact) mass is 902 g/mol. The quantitative estimate of drug-likeness (QED) is 0.0962. The number of carbonyl (C=O) groups excluding carboxylic acids is 1. The van der Waals surface area contributed by atoms with Crippen molar-refractivity contribution in [2.45, 2.75) is 51.4 Å². The topological polar surface area (TPSA) is 213 Å². The summed E-state index contributed by atoms with van der Waals surface area (Å²) in [5, 5.41) is 16.6. The second-order valence-corrected chi connectivity index (χ2v) is 18.6. The lowest BCUT2D eigenvalue weighted by atomic mass is 9.98. The third-order valence-corrected chi connectivity index (χ3v) is 12.7. The summed E-state index contributed by atoms with van der Waals surface area (Å²) in [5.41, 5.74) is 10.6. The molecule has 332 valence electrons. The molecule has 0 fully saturated rings. The number of nitriles is 1. The van der Waals surface area contributed by atoms with Gasteiger partial charge in [-0.05, 0) is 108 Å². The molecule has 6 aromatic rings. The van der Waals surface area contributed by atoms with Gasteiger partial charge in [0.15, 0.2) is 5.75 Å². The maximum atomic E-state index is 12.7. The molecule has 8 rings (SSSR count). The van der Waals surface area contributed by atoms with Gasteiger partial charge in [-0.1, -0.05) is 84.9 Å². The van der Waals surface area contributed by atoms with E-state index in [9.17, 15) is 21.6 Å². The molecule has 16 heteroatoms. The molecule has 0 bridgehead atoms. The molecular weight excluding hydrogens is 853 g/mol. The van der Waals surface area contributed by atoms with Crippen LogP contribution in [0.4, 0.5) is 10.5 Å². The van der Waals surface area contributed by atoms with Crippen molar-refractivity contribution in [2.75, 3.05) is 31.0 Å². The molecule has 0 saturated heterocycles. The van der Waals surface area contributed by atoms with Gasteiger partial charge in [0.05, 0.1) is 31.4 Å². The van der Waals surface area contributed by atoms with Crippen molar-refractivity contribution in [3.63, 3.8) is 0 Å². The highest BCUT2D eigenvalue weighted by Gasteiger charge is 2.23. The predicted octanol–water partition coefficient (Wildman–Crippen LogP) is 7.56. The number of aromatic nitrogens is 2. The van der Waals surface area contributed by atoms with Gasteiger partial charge in [-0.15, -0.1) is 5.26 Å². The highest BCUT2D eigenvalue weighted by Crippen LogP contribution is 2.40. The molecule has 2 aromatic heterocycles. The van der Waals surface area contributed by atoms with Gasteiger partial charge in [-0.25, -0.2) is 41.5 Å². The second-order valence-electron chi connectivity index (χ2n) is 15.0. The number of nitrogens with one attached hydrogen (secondary N) is 2. The van der Waals surface area contributed by atoms with Crippen molar-refractivity contribution in [1.82, 2.24) is 14.7 Å². The standard InChI is InChI=1S/C24H25N3O4S.C16H14N2O2.C8H11NO2S/c1-31-22-16-19(12-14-25-22)21-11-10-18-8-5-9-20(18)23(21)26-24(28)27-32(29,30)15-13-17-6-3-2-4-7-17;1-19-15-9-12(7-8-18-15)14-6-5-11-3-2-4-13(11)16(14)20-10-17;9-12(10,11)7-6-8-4-2-1-3-5-8/h2-4,6-7,10-12,14,16H,5,8-9,13,15H2,1H3,(H2,26,27,28);5-9H,2-4H2,1H3;1-5H,6-7H2,(H2,9,10,11). The third kappa shape index (κ3) is 13.1. The number of methoxy groups -OCH3 is 2. The van der Waals surface area contributed by atoms with Crippen LogP contribution in [0.3, 0.4) is 0 Å². The van der Waals surface area contributed by atoms with Crippen LogP contribution in [0.5, 0.6) is 17.5 Å². The molecular formula is C48H50N6O8S2. The number of ether oxygens (including phenoxy) is 3. The maximum Gasteiger partial charge on any atom is 0.332 e. The number of nitrogens with zero attached hydrogens (tertiary/aromatic N) is 3. The first-order chi connectivity index (χ1) is 30.9. The summed E-state index contributed by atoms with van der Waals surface area (Å²) in [6.45, 7) is 0. The number of sulfonamides is 2. The summed E-state index contributed by atoms with van der Waals surface area (Å²) >= 11 is 0. The van der Waals surface area contributed by atoms with Crippen LogP contribution in [0, 0.1) is 11.5 Å². The fourth-order valence-corrected chi connectivity index (χ4v) is 9.04. The van der Waals surface area contributed by atoms with E-state index >= 15 is 0 Å². The number of nitrogens with two attached hydrogens (primary N) is 1. The average Bonchev–Trinajstić information content (AvgIpc) is 4.00. The van der Waals surface area contributed by atoms with E-state index in [1.807, 2.05) is 91.0 Å². The second kappa shape index (κ2) is 22.0. The fourth-order valence-electron chi connectivity index (χ4n) is 7.58. The van der Waals surface area contributed by atoms with Gasteiger partial charge < -0.3 is 19.5 Å². The average molecular weight is 903 g/mol. The molecule has 14 nitrogen and oxygen atoms in total. The third-order valence-electron chi connectivity index (χ3n) is 10.7. The number of pyridine rings is 2. The van der Waals surface area contributed by atoms with Crippen molar-refractivity contribution >= 4 is 31.8 Å². The Hall–Kier alpha value is -6.80. The predicted molar refractivity (Wildman–Crippen MR) is 247 cm³/mol. The maximum absolute atomic E-state index is 12.7. The first-order valence-corrected chi connectivity index (χ1v) is 24.0. The summed E-state index contributed by atoms with van der Waals surface area (Å²) in [6.07, 6.45) is 11.8. The van der Waals surface area contributed by atoms with E-state index in [2.05, 4.69) is 32.1 Å². The molecule has 0 spiro atoms. The Morgan fingerprint density at radius 3 is 1.75 bits per heavy atom. The van der Waals surface area contributed by atoms with Crippen molar-refractivity contribution < 1.29 is 35.8 Å². The zero-order valence-electron chi connectivity index (χ0n) is 35.6. The number of rotatable bonds is 13. The van der Waals surface area contributed by atoms with Crippen molar-refractivity contribution in [3.8, 4) is 46.0 Å². The Labute approximate surface area is 374 Å². The van der Waals surface area contributed by atoms with E-state index in [1.165, 1.54) is 5.56 Å². The lowest BCUT2D eigenvalue weighted by Crippen LogP contribution is -2.36. The molecule has 0 saturated carbocycles. The van der Waals surface area contributed by atoms with Crippen LogP contribution in [-0.4, -0.2) is 58.6 Å². The van der Waals surface area contributed by atoms with Crippen molar-refractivity contribution in [2.24, 2.45) is 5.14 Å². The van der Waals surface area contributed by atoms with Gasteiger partial charge in [-0.3, -0.25) is 0 Å². The Morgan fingerprint density at radius 2 is 1.20 bits per heavy atom. The number of fused-ring (bicyclic) bond motifs is 2. The molecule has 4 N–H and O–H groups in total. The van der Waals surface area contributed by atoms with E-state index in [4.69, 9.17) is 24.6 Å². The summed E-state index contributed by atoms with van der Waals surface area (Å²) in [6, 6.07) is 33.4. The molecule has 2 aliphatic carbocycles. The van der Waals surface area contributed by atoms with E-state index in [0.717, 1.165) is 88.6 Å². The van der Waals surface area contributed by atoms with Gasteiger partial charge >= 0.3 is 6.03 Å². The lowest BCUT2D eigenvalue weighted by molar-refractivity contribution is 0.256. The largest absolute Gasteiger partial charge is 0.481 e. The van der Waals surface area contributed by atoms with Crippen LogP contribution in [0.2, 0.25) is 0 Å². The number of primary sulfonamides is 1. The van der Waals surface area contributed by atoms with Gasteiger partial charge in [0, 0.05) is 35.7 Å². The lowest BCUT2D eigenvalue weighted by Gasteiger charge is -2.17. The number of hydrogen-bond donors (Lipinski definition) is 3. The zero-order valence-corrected chi connectivity index (χ0v) is 37.3. The molecule has 64 heavy (non-hydrogen) atoms. The van der Waals surface area contributed by atoms with Crippen LogP contribution in [0.25, 0.3) is 22.3 Å². The number of aryl methyl sites for hydroxylation is 4. The zero-order chi connectivity index (χ0) is 45.5. The number of hydrogen-bond acceptors (Lipinski definition) is 11. The Bertz CT molecular complexity index is 2820. The molecule has 0 aliphatic heterocycles. The van der Waals surface area contributed by atoms with Crippen LogP contribution >= 0.6 is 0 Å². The minimum atomic E-state index is -3.79. The Kier molecular flexibility index (Phi) is 16.1. The highest BCUT2D eigenvalue weighted by atomic mass is 32.2. The summed E-state index contributed by atoms with van der Waals surface area (Å²) in [5.74, 6) is 1.52. The normalized spacial score (nSPS) is 12.5. The molecule has 2 heterocycles. The Balaban J connectivity index is 0.000000180. The minimum Gasteiger partial charge on any atom is -0.481 e. The van der Waals surface area contributed by atoms with Gasteiger partial charge in [-0.2, -0.15) is 0 Å². The fraction of sp³-hybridized carbons (Fsp3) is 0.250. The molecule has 0 unspecified atom stereocenters. The highest BCUT2D eigenvalue weighted by molar-refractivity contribution is 7.90. The van der Waals surface area contributed by atoms with E-state index < -0.39 is 26.1 Å². The molecule has 2 aliphatic rings. The number of carbonyl (C=O) groups is 1. The summed E-state index contributed by atoms with van der Waals surface area (Å²) < 4.78 is 63.9. The SMILES string of the molecule is COc1cc(-c2ccc3c(c2NC(=O)NS(=O)(=O)CCc2ccccc2)CCC3)ccn1.COc1cc(-c2ccc3c(c2OC#N)CCC3)ccn1.NS(=O)(=O)CCc1ccccc1. The van der Waals surface area contributed by atoms with E-state index in [-0.39, 0.29) is 11.5 Å². The van der Waals surface area contributed by atoms with Crippen molar-refractivity contribution in [1.29, 1.82) is 5.26 Å². The first-order valence-electron chi connectivity index (χ1n) is 20.6. The van der Waals surface area contributed by atoms with Gasteiger partial charge in [0.2, 0.25) is 31.8 Å². The minimum absolute atomic E-state index is 0.0109. The van der Waals surface area contributed by atoms with E-state index in [0.29, 0.717) is 36.0 Å². The van der Waals surface area contributed by atoms with Crippen LogP contribution in [0.1, 0.15) is 46.2 Å². The number of urea groups is 1. The number of anilines is 1. The molecule has 0 atom stereocenters. The van der Waals surface area contributed by atoms with E-state index in [1.54, 1.807) is 38.9 Å². The molecule has 2 amide bonds. The summed E-state index contributed by atoms with van der Waals surface area (Å²) in [7, 11) is -3.99. The number of amides is 2. The van der Waals surface area contributed by atoms with Crippen molar-refractivity contribution in [3.05, 3.63) is 155 Å². The smallest absolute Gasteiger partial charge is 0.332 e. The Morgan fingerprint density at radius 1 is 0.688 bits per heavy atom. The number of benzene rings is 4. The molecule has 4 aromatic carbocycles. The van der Waals surface area contributed by atoms with Crippen LogP contribution in [-0.2, 0) is 58.6 Å². The first kappa shape index (κ1) is 46.7. The summed E-state index contributed by atoms with van der Waals surface area (Å²) in [4.78, 5) is 21.0. The van der Waals surface area contributed by atoms with Gasteiger partial charge in [0.25, 0.3) is 6.26 Å². The van der Waals surface area contributed by atoms with Crippen LogP contribution in [0.15, 0.2) is 122 Å².